The van der Waals surface area contributed by atoms with Crippen molar-refractivity contribution in [2.45, 2.75) is 13.8 Å². The predicted molar refractivity (Wildman–Crippen MR) is 82.5 cm³/mol. The third-order valence-corrected chi connectivity index (χ3v) is 2.62. The molecule has 122 valence electrons. The van der Waals surface area contributed by atoms with Gasteiger partial charge in [0.15, 0.2) is 18.1 Å². The lowest BCUT2D eigenvalue weighted by atomic mass is 10.1. The molecule has 0 aliphatic carbocycles. The number of nitriles is 1. The Morgan fingerprint density at radius 3 is 2.52 bits per heavy atom. The fourth-order valence-electron chi connectivity index (χ4n) is 1.67. The van der Waals surface area contributed by atoms with Crippen molar-refractivity contribution in [3.63, 3.8) is 0 Å². The molecule has 0 fully saturated rings. The highest BCUT2D eigenvalue weighted by Crippen LogP contribution is 2.29. The van der Waals surface area contributed by atoms with Gasteiger partial charge < -0.3 is 19.9 Å². The van der Waals surface area contributed by atoms with Gasteiger partial charge in [-0.2, -0.15) is 5.26 Å². The third kappa shape index (κ3) is 5.71. The predicted octanol–water partition coefficient (Wildman–Crippen LogP) is 1.42. The minimum Gasteiger partial charge on any atom is -0.490 e. The van der Waals surface area contributed by atoms with E-state index >= 15 is 0 Å². The van der Waals surface area contributed by atoms with E-state index in [1.165, 1.54) is 6.08 Å². The molecule has 0 spiro atoms. The molecule has 0 atom stereocenters. The van der Waals surface area contributed by atoms with Gasteiger partial charge >= 0.3 is 5.97 Å². The molecule has 0 saturated carbocycles. The molecule has 0 aliphatic heterocycles. The molecular weight excluding hydrogens is 300 g/mol. The van der Waals surface area contributed by atoms with Crippen LogP contribution >= 0.6 is 0 Å². The number of carbonyl (C=O) groups is 2. The number of esters is 1. The first-order chi connectivity index (χ1) is 11.0. The molecule has 1 aromatic rings. The zero-order valence-electron chi connectivity index (χ0n) is 13.0. The van der Waals surface area contributed by atoms with Crippen LogP contribution < -0.4 is 15.2 Å². The standard InChI is InChI=1S/C16H18N2O5/c1-3-21-14-8-11(7-12(9-17)16(18)20)5-6-13(14)23-10-15(19)22-4-2/h5-8H,3-4,10H2,1-2H3,(H2,18,20)/b12-7+. The van der Waals surface area contributed by atoms with E-state index in [-0.39, 0.29) is 18.8 Å². The Morgan fingerprint density at radius 1 is 1.22 bits per heavy atom. The average molecular weight is 318 g/mol. The van der Waals surface area contributed by atoms with Crippen LogP contribution in [0.4, 0.5) is 0 Å². The number of benzene rings is 1. The van der Waals surface area contributed by atoms with E-state index in [0.29, 0.717) is 23.7 Å². The number of ether oxygens (including phenoxy) is 3. The minimum atomic E-state index is -0.812. The van der Waals surface area contributed by atoms with Crippen molar-refractivity contribution in [1.82, 2.24) is 0 Å². The molecule has 23 heavy (non-hydrogen) atoms. The first-order valence-corrected chi connectivity index (χ1v) is 6.98. The first-order valence-electron chi connectivity index (χ1n) is 6.98. The molecule has 0 aromatic heterocycles. The Labute approximate surface area is 134 Å². The summed E-state index contributed by atoms with van der Waals surface area (Å²) < 4.78 is 15.6. The van der Waals surface area contributed by atoms with E-state index in [2.05, 4.69) is 0 Å². The number of primary amides is 1. The summed E-state index contributed by atoms with van der Waals surface area (Å²) >= 11 is 0. The Kier molecular flexibility index (Phi) is 7.14. The highest BCUT2D eigenvalue weighted by Gasteiger charge is 2.10. The second-order valence-corrected chi connectivity index (χ2v) is 4.27. The second kappa shape index (κ2) is 9.10. The van der Waals surface area contributed by atoms with Gasteiger partial charge in [-0.25, -0.2) is 4.79 Å². The highest BCUT2D eigenvalue weighted by atomic mass is 16.6. The van der Waals surface area contributed by atoms with Crippen LogP contribution in [-0.2, 0) is 14.3 Å². The van der Waals surface area contributed by atoms with Crippen LogP contribution in [0.3, 0.4) is 0 Å². The fraction of sp³-hybridized carbons (Fsp3) is 0.312. The molecule has 0 unspecified atom stereocenters. The van der Waals surface area contributed by atoms with Crippen molar-refractivity contribution in [2.24, 2.45) is 5.73 Å². The molecule has 1 aromatic carbocycles. The van der Waals surface area contributed by atoms with Crippen molar-refractivity contribution in [1.29, 1.82) is 5.26 Å². The summed E-state index contributed by atoms with van der Waals surface area (Å²) in [5.74, 6) is -0.561. The van der Waals surface area contributed by atoms with Gasteiger partial charge in [-0.05, 0) is 37.6 Å². The molecule has 0 saturated heterocycles. The van der Waals surface area contributed by atoms with Gasteiger partial charge in [-0.1, -0.05) is 6.07 Å². The Hall–Kier alpha value is -3.01. The van der Waals surface area contributed by atoms with Crippen LogP contribution in [0.2, 0.25) is 0 Å². The Balaban J connectivity index is 3.00. The summed E-state index contributed by atoms with van der Waals surface area (Å²) in [5.41, 5.74) is 5.47. The van der Waals surface area contributed by atoms with E-state index in [0.717, 1.165) is 0 Å². The summed E-state index contributed by atoms with van der Waals surface area (Å²) in [6.07, 6.45) is 1.35. The van der Waals surface area contributed by atoms with Crippen LogP contribution in [-0.4, -0.2) is 31.7 Å². The third-order valence-electron chi connectivity index (χ3n) is 2.62. The molecule has 7 nitrogen and oxygen atoms in total. The van der Waals surface area contributed by atoms with E-state index in [1.54, 1.807) is 38.1 Å². The zero-order chi connectivity index (χ0) is 17.2. The normalized spacial score (nSPS) is 10.6. The van der Waals surface area contributed by atoms with Crippen molar-refractivity contribution in [2.75, 3.05) is 19.8 Å². The summed E-state index contributed by atoms with van der Waals surface area (Å²) in [4.78, 5) is 22.4. The van der Waals surface area contributed by atoms with Gasteiger partial charge in [-0.3, -0.25) is 4.79 Å². The van der Waals surface area contributed by atoms with Gasteiger partial charge in [0.05, 0.1) is 13.2 Å². The van der Waals surface area contributed by atoms with Gasteiger partial charge in [0, 0.05) is 0 Å². The zero-order valence-corrected chi connectivity index (χ0v) is 13.0. The lowest BCUT2D eigenvalue weighted by Crippen LogP contribution is -2.15. The van der Waals surface area contributed by atoms with E-state index in [1.807, 2.05) is 0 Å². The molecule has 0 aliphatic rings. The molecule has 1 rings (SSSR count). The van der Waals surface area contributed by atoms with Gasteiger partial charge in [0.25, 0.3) is 5.91 Å². The molecule has 7 heteroatoms. The van der Waals surface area contributed by atoms with Crippen LogP contribution in [0.1, 0.15) is 19.4 Å². The number of amides is 1. The number of nitrogens with two attached hydrogens (primary N) is 1. The van der Waals surface area contributed by atoms with Crippen molar-refractivity contribution in [3.05, 3.63) is 29.3 Å². The van der Waals surface area contributed by atoms with Gasteiger partial charge in [0.1, 0.15) is 11.6 Å². The molecule has 0 bridgehead atoms. The lowest BCUT2D eigenvalue weighted by Gasteiger charge is -2.12. The molecule has 1 amide bonds. The van der Waals surface area contributed by atoms with Gasteiger partial charge in [-0.15, -0.1) is 0 Å². The van der Waals surface area contributed by atoms with Crippen LogP contribution in [0.5, 0.6) is 11.5 Å². The SMILES string of the molecule is CCOC(=O)COc1ccc(/C=C(\C#N)C(N)=O)cc1OCC. The molecule has 0 heterocycles. The average Bonchev–Trinajstić information content (AvgIpc) is 2.52. The summed E-state index contributed by atoms with van der Waals surface area (Å²) in [6.45, 7) is 3.91. The molecule has 0 radical (unpaired) electrons. The summed E-state index contributed by atoms with van der Waals surface area (Å²) in [6, 6.07) is 6.50. The first kappa shape index (κ1) is 18.0. The molecular formula is C16H18N2O5. The Bertz CT molecular complexity index is 646. The summed E-state index contributed by atoms with van der Waals surface area (Å²) in [5, 5.41) is 8.85. The maximum atomic E-state index is 11.3. The topological polar surface area (TPSA) is 112 Å². The van der Waals surface area contributed by atoms with Crippen molar-refractivity contribution < 1.29 is 23.8 Å². The Morgan fingerprint density at radius 2 is 1.96 bits per heavy atom. The largest absolute Gasteiger partial charge is 0.490 e. The van der Waals surface area contributed by atoms with E-state index < -0.39 is 11.9 Å². The van der Waals surface area contributed by atoms with Crippen LogP contribution in [0.25, 0.3) is 6.08 Å². The van der Waals surface area contributed by atoms with Crippen molar-refractivity contribution >= 4 is 18.0 Å². The fourth-order valence-corrected chi connectivity index (χ4v) is 1.67. The van der Waals surface area contributed by atoms with E-state index in [9.17, 15) is 9.59 Å². The maximum Gasteiger partial charge on any atom is 0.344 e. The summed E-state index contributed by atoms with van der Waals surface area (Å²) in [7, 11) is 0. The number of rotatable bonds is 8. The smallest absolute Gasteiger partial charge is 0.344 e. The maximum absolute atomic E-state index is 11.3. The number of nitrogens with zero attached hydrogens (tertiary/aromatic N) is 1. The van der Waals surface area contributed by atoms with Crippen LogP contribution in [0, 0.1) is 11.3 Å². The van der Waals surface area contributed by atoms with Gasteiger partial charge in [0.2, 0.25) is 0 Å². The number of hydrogen-bond donors (Lipinski definition) is 1. The lowest BCUT2D eigenvalue weighted by molar-refractivity contribution is -0.145. The minimum absolute atomic E-state index is 0.173. The number of hydrogen-bond acceptors (Lipinski definition) is 6. The van der Waals surface area contributed by atoms with Crippen LogP contribution in [0.15, 0.2) is 23.8 Å². The molecule has 2 N–H and O–H groups in total. The highest BCUT2D eigenvalue weighted by molar-refractivity contribution is 6.00. The number of carbonyl (C=O) groups excluding carboxylic acids is 2. The van der Waals surface area contributed by atoms with E-state index in [4.69, 9.17) is 25.2 Å². The quantitative estimate of drug-likeness (QED) is 0.441. The van der Waals surface area contributed by atoms with Crippen molar-refractivity contribution in [3.8, 4) is 17.6 Å². The second-order valence-electron chi connectivity index (χ2n) is 4.27. The monoisotopic (exact) mass is 318 g/mol.